The second-order valence-electron chi connectivity index (χ2n) is 4.74. The summed E-state index contributed by atoms with van der Waals surface area (Å²) >= 11 is 0. The van der Waals surface area contributed by atoms with Gasteiger partial charge in [0, 0.05) is 6.20 Å². The van der Waals surface area contributed by atoms with Gasteiger partial charge in [0.2, 0.25) is 0 Å². The number of esters is 1. The molecule has 0 aliphatic carbocycles. The molecule has 0 aliphatic heterocycles. The summed E-state index contributed by atoms with van der Waals surface area (Å²) in [4.78, 5) is 24.1. The molecule has 1 aromatic carbocycles. The molecule has 0 aliphatic rings. The van der Waals surface area contributed by atoms with Gasteiger partial charge in [0.1, 0.15) is 11.4 Å². The maximum absolute atomic E-state index is 13.3. The van der Waals surface area contributed by atoms with Gasteiger partial charge in [0.25, 0.3) is 5.56 Å². The van der Waals surface area contributed by atoms with Crippen molar-refractivity contribution < 1.29 is 18.3 Å². The first kappa shape index (κ1) is 14.1. The molecule has 6 heteroatoms. The highest BCUT2D eigenvalue weighted by molar-refractivity contribution is 5.91. The molecule has 3 aromatic rings. The third-order valence-electron chi connectivity index (χ3n) is 3.41. The maximum atomic E-state index is 13.3. The van der Waals surface area contributed by atoms with Crippen molar-refractivity contribution in [3.8, 4) is 0 Å². The van der Waals surface area contributed by atoms with Crippen LogP contribution in [0.5, 0.6) is 0 Å². The number of benzene rings is 1. The Labute approximate surface area is 124 Å². The molecule has 2 aromatic heterocycles. The van der Waals surface area contributed by atoms with E-state index in [-0.39, 0.29) is 17.7 Å². The van der Waals surface area contributed by atoms with E-state index in [4.69, 9.17) is 4.42 Å². The van der Waals surface area contributed by atoms with Gasteiger partial charge in [-0.3, -0.25) is 4.79 Å². The molecule has 0 radical (unpaired) electrons. The van der Waals surface area contributed by atoms with Crippen LogP contribution in [0.15, 0.2) is 52.0 Å². The average molecular weight is 301 g/mol. The topological polar surface area (TPSA) is 61.4 Å². The molecule has 0 N–H and O–H groups in total. The van der Waals surface area contributed by atoms with Gasteiger partial charge in [0.05, 0.1) is 30.9 Å². The minimum Gasteiger partial charge on any atom is -0.465 e. The number of aromatic nitrogens is 1. The molecule has 0 spiro atoms. The van der Waals surface area contributed by atoms with E-state index in [2.05, 4.69) is 4.74 Å². The predicted octanol–water partition coefficient (Wildman–Crippen LogP) is 2.57. The summed E-state index contributed by atoms with van der Waals surface area (Å²) < 4.78 is 24.6. The highest BCUT2D eigenvalue weighted by Crippen LogP contribution is 2.15. The number of methoxy groups -OCH3 is 1. The highest BCUT2D eigenvalue weighted by Gasteiger charge is 2.14. The smallest absolute Gasteiger partial charge is 0.338 e. The van der Waals surface area contributed by atoms with Gasteiger partial charge in [-0.2, -0.15) is 0 Å². The molecule has 0 fully saturated rings. The molecule has 2 heterocycles. The molecule has 0 unspecified atom stereocenters. The van der Waals surface area contributed by atoms with Gasteiger partial charge in [-0.25, -0.2) is 9.18 Å². The van der Waals surface area contributed by atoms with E-state index in [9.17, 15) is 14.0 Å². The molecular weight excluding hydrogens is 289 g/mol. The molecule has 3 rings (SSSR count). The Hall–Kier alpha value is -2.89. The SMILES string of the molecule is COC(=O)c1cc(F)ccc1Cn1ccc2occc2c1=O. The van der Waals surface area contributed by atoms with Crippen molar-refractivity contribution in [2.24, 2.45) is 0 Å². The van der Waals surface area contributed by atoms with Crippen LogP contribution in [0.4, 0.5) is 4.39 Å². The van der Waals surface area contributed by atoms with Crippen LogP contribution in [0.1, 0.15) is 15.9 Å². The van der Waals surface area contributed by atoms with Crippen LogP contribution < -0.4 is 5.56 Å². The van der Waals surface area contributed by atoms with Crippen LogP contribution >= 0.6 is 0 Å². The first-order valence-electron chi connectivity index (χ1n) is 6.53. The first-order chi connectivity index (χ1) is 10.6. The monoisotopic (exact) mass is 301 g/mol. The Bertz CT molecular complexity index is 910. The number of nitrogens with zero attached hydrogens (tertiary/aromatic N) is 1. The summed E-state index contributed by atoms with van der Waals surface area (Å²) in [7, 11) is 1.22. The van der Waals surface area contributed by atoms with E-state index in [0.717, 1.165) is 6.07 Å². The number of carbonyl (C=O) groups is 1. The summed E-state index contributed by atoms with van der Waals surface area (Å²) in [5.41, 5.74) is 0.847. The number of furan rings is 1. The molecular formula is C16H12FNO4. The Balaban J connectivity index is 2.07. The van der Waals surface area contributed by atoms with Crippen molar-refractivity contribution in [2.75, 3.05) is 7.11 Å². The summed E-state index contributed by atoms with van der Waals surface area (Å²) in [6.07, 6.45) is 3.01. The summed E-state index contributed by atoms with van der Waals surface area (Å²) in [6, 6.07) is 7.05. The average Bonchev–Trinajstić information content (AvgIpc) is 3.00. The minimum absolute atomic E-state index is 0.0988. The molecule has 112 valence electrons. The van der Waals surface area contributed by atoms with E-state index >= 15 is 0 Å². The molecule has 0 saturated heterocycles. The van der Waals surface area contributed by atoms with Crippen LogP contribution in [0.3, 0.4) is 0 Å². The van der Waals surface area contributed by atoms with Crippen LogP contribution in [-0.2, 0) is 11.3 Å². The van der Waals surface area contributed by atoms with Crippen LogP contribution in [-0.4, -0.2) is 17.6 Å². The zero-order valence-electron chi connectivity index (χ0n) is 11.7. The van der Waals surface area contributed by atoms with Crippen molar-refractivity contribution in [3.05, 3.63) is 70.1 Å². The standard InChI is InChI=1S/C16H12FNO4/c1-21-16(20)13-8-11(17)3-2-10(13)9-18-6-4-14-12(15(18)19)5-7-22-14/h2-8H,9H2,1H3. The van der Waals surface area contributed by atoms with Crippen molar-refractivity contribution >= 4 is 16.9 Å². The maximum Gasteiger partial charge on any atom is 0.338 e. The van der Waals surface area contributed by atoms with Gasteiger partial charge in [-0.05, 0) is 29.8 Å². The Morgan fingerprint density at radius 2 is 2.14 bits per heavy atom. The van der Waals surface area contributed by atoms with E-state index in [1.807, 2.05) is 0 Å². The summed E-state index contributed by atoms with van der Waals surface area (Å²) in [5.74, 6) is -1.19. The molecule has 0 amide bonds. The fourth-order valence-electron chi connectivity index (χ4n) is 2.30. The highest BCUT2D eigenvalue weighted by atomic mass is 19.1. The molecule has 22 heavy (non-hydrogen) atoms. The van der Waals surface area contributed by atoms with Crippen LogP contribution in [0, 0.1) is 5.82 Å². The van der Waals surface area contributed by atoms with E-state index in [0.29, 0.717) is 16.5 Å². The van der Waals surface area contributed by atoms with Crippen molar-refractivity contribution in [3.63, 3.8) is 0 Å². The zero-order valence-corrected chi connectivity index (χ0v) is 11.7. The van der Waals surface area contributed by atoms with E-state index in [1.165, 1.54) is 30.1 Å². The molecule has 0 saturated carbocycles. The van der Waals surface area contributed by atoms with E-state index in [1.54, 1.807) is 18.3 Å². The number of halogens is 1. The Morgan fingerprint density at radius 3 is 2.91 bits per heavy atom. The third-order valence-corrected chi connectivity index (χ3v) is 3.41. The predicted molar refractivity (Wildman–Crippen MR) is 77.3 cm³/mol. The first-order valence-corrected chi connectivity index (χ1v) is 6.53. The largest absolute Gasteiger partial charge is 0.465 e. The molecule has 5 nitrogen and oxygen atoms in total. The van der Waals surface area contributed by atoms with Crippen LogP contribution in [0.25, 0.3) is 11.0 Å². The minimum atomic E-state index is -0.646. The zero-order chi connectivity index (χ0) is 15.7. The number of hydrogen-bond acceptors (Lipinski definition) is 4. The summed E-state index contributed by atoms with van der Waals surface area (Å²) in [5, 5.41) is 0.448. The van der Waals surface area contributed by atoms with Gasteiger partial charge in [0.15, 0.2) is 0 Å². The van der Waals surface area contributed by atoms with E-state index < -0.39 is 11.8 Å². The number of fused-ring (bicyclic) bond motifs is 1. The van der Waals surface area contributed by atoms with Crippen molar-refractivity contribution in [1.82, 2.24) is 4.57 Å². The number of rotatable bonds is 3. The third kappa shape index (κ3) is 2.39. The lowest BCUT2D eigenvalue weighted by Crippen LogP contribution is -2.21. The lowest BCUT2D eigenvalue weighted by molar-refractivity contribution is 0.0598. The molecule has 0 atom stereocenters. The Kier molecular flexibility index (Phi) is 3.50. The Morgan fingerprint density at radius 1 is 1.32 bits per heavy atom. The van der Waals surface area contributed by atoms with Crippen molar-refractivity contribution in [1.29, 1.82) is 0 Å². The number of pyridine rings is 1. The number of carbonyl (C=O) groups excluding carboxylic acids is 1. The van der Waals surface area contributed by atoms with Crippen molar-refractivity contribution in [2.45, 2.75) is 6.54 Å². The number of hydrogen-bond donors (Lipinski definition) is 0. The van der Waals surface area contributed by atoms with Gasteiger partial charge < -0.3 is 13.7 Å². The summed E-state index contributed by atoms with van der Waals surface area (Å²) in [6.45, 7) is 0.130. The van der Waals surface area contributed by atoms with Gasteiger partial charge in [-0.15, -0.1) is 0 Å². The fraction of sp³-hybridized carbons (Fsp3) is 0.125. The lowest BCUT2D eigenvalue weighted by Gasteiger charge is -2.10. The lowest BCUT2D eigenvalue weighted by atomic mass is 10.1. The fourth-order valence-corrected chi connectivity index (χ4v) is 2.30. The molecule has 0 bridgehead atoms. The number of ether oxygens (including phenoxy) is 1. The second kappa shape index (κ2) is 5.48. The van der Waals surface area contributed by atoms with Gasteiger partial charge in [-0.1, -0.05) is 6.07 Å². The second-order valence-corrected chi connectivity index (χ2v) is 4.74. The van der Waals surface area contributed by atoms with Crippen LogP contribution in [0.2, 0.25) is 0 Å². The normalized spacial score (nSPS) is 10.8. The van der Waals surface area contributed by atoms with Gasteiger partial charge >= 0.3 is 5.97 Å². The quantitative estimate of drug-likeness (QED) is 0.698.